The van der Waals surface area contributed by atoms with Crippen LogP contribution in [0.4, 0.5) is 0 Å². The van der Waals surface area contributed by atoms with E-state index in [9.17, 15) is 0 Å². The number of imidazole rings is 1. The fourth-order valence-electron chi connectivity index (χ4n) is 7.43. The molecular weight excluding hydrogens is 574 g/mol. The summed E-state index contributed by atoms with van der Waals surface area (Å²) in [7, 11) is 0. The number of hydrogen-bond acceptors (Lipinski definition) is 2. The third-order valence-corrected chi connectivity index (χ3v) is 9.60. The van der Waals surface area contributed by atoms with Gasteiger partial charge in [-0.15, -0.1) is 0 Å². The van der Waals surface area contributed by atoms with Gasteiger partial charge in [0.05, 0.1) is 22.4 Å². The molecule has 47 heavy (non-hydrogen) atoms. The minimum Gasteiger partial charge on any atom is -0.455 e. The highest BCUT2D eigenvalue weighted by Gasteiger charge is 2.20. The van der Waals surface area contributed by atoms with Gasteiger partial charge < -0.3 is 8.98 Å². The van der Waals surface area contributed by atoms with Crippen LogP contribution in [0.25, 0.3) is 83.7 Å². The van der Waals surface area contributed by atoms with Gasteiger partial charge in [-0.2, -0.15) is 0 Å². The minimum absolute atomic E-state index is 0.916. The first-order chi connectivity index (χ1) is 23.3. The van der Waals surface area contributed by atoms with Crippen molar-refractivity contribution in [3.8, 4) is 33.9 Å². The summed E-state index contributed by atoms with van der Waals surface area (Å²) in [6, 6.07) is 49.6. The van der Waals surface area contributed by atoms with E-state index in [0.717, 1.165) is 74.4 Å². The van der Waals surface area contributed by atoms with Crippen LogP contribution in [0.3, 0.4) is 0 Å². The highest BCUT2D eigenvalue weighted by molar-refractivity contribution is 6.13. The number of rotatable bonds is 4. The monoisotopic (exact) mass is 603 g/mol. The quantitative estimate of drug-likeness (QED) is 0.201. The molecule has 3 heterocycles. The number of nitrogens with zero attached hydrogens (tertiary/aromatic N) is 3. The number of allylic oxidation sites excluding steroid dienone is 1. The van der Waals surface area contributed by atoms with Crippen LogP contribution >= 0.6 is 0 Å². The summed E-state index contributed by atoms with van der Waals surface area (Å²) in [6.45, 7) is 0. The third-order valence-electron chi connectivity index (χ3n) is 9.60. The molecule has 0 N–H and O–H groups in total. The molecule has 3 aromatic heterocycles. The average molecular weight is 604 g/mol. The molecule has 0 spiro atoms. The lowest BCUT2D eigenvalue weighted by Crippen LogP contribution is -2.02. The van der Waals surface area contributed by atoms with Crippen LogP contribution in [-0.4, -0.2) is 14.1 Å². The molecule has 0 amide bonds. The van der Waals surface area contributed by atoms with Crippen molar-refractivity contribution in [2.45, 2.75) is 12.8 Å². The highest BCUT2D eigenvalue weighted by atomic mass is 16.3. The standard InChI is InChI=1S/C43H29N3O/c1-2-11-28(12-3-1)43-44-37-17-6-8-19-40(37)46(43)31-24-22-30(23-25-31)45-38-18-7-4-13-33(38)36-27-29(21-26-39(36)45)32-15-10-16-35-34-14-5-9-20-41(34)47-42(32)35/h1-5,7-16,18-27H,6,17H2. The zero-order valence-corrected chi connectivity index (χ0v) is 25.6. The van der Waals surface area contributed by atoms with Crippen molar-refractivity contribution in [1.82, 2.24) is 14.1 Å². The Morgan fingerprint density at radius 3 is 2.15 bits per heavy atom. The molecular formula is C43H29N3O. The molecule has 0 atom stereocenters. The van der Waals surface area contributed by atoms with Gasteiger partial charge in [0.2, 0.25) is 0 Å². The highest BCUT2D eigenvalue weighted by Crippen LogP contribution is 2.39. The van der Waals surface area contributed by atoms with E-state index < -0.39 is 0 Å². The van der Waals surface area contributed by atoms with E-state index in [0.29, 0.717) is 0 Å². The first-order valence-corrected chi connectivity index (χ1v) is 16.2. The van der Waals surface area contributed by atoms with E-state index in [2.05, 4.69) is 149 Å². The van der Waals surface area contributed by atoms with Gasteiger partial charge in [0.15, 0.2) is 0 Å². The first kappa shape index (κ1) is 26.1. The van der Waals surface area contributed by atoms with E-state index in [1.807, 2.05) is 12.1 Å². The number of benzene rings is 6. The fourth-order valence-corrected chi connectivity index (χ4v) is 7.43. The molecule has 1 aliphatic rings. The largest absolute Gasteiger partial charge is 0.455 e. The molecule has 0 bridgehead atoms. The summed E-state index contributed by atoms with van der Waals surface area (Å²) >= 11 is 0. The normalized spacial score (nSPS) is 12.9. The molecule has 4 heteroatoms. The van der Waals surface area contributed by atoms with Crippen LogP contribution in [0, 0.1) is 0 Å². The van der Waals surface area contributed by atoms with E-state index in [1.165, 1.54) is 27.5 Å². The Bertz CT molecular complexity index is 2670. The first-order valence-electron chi connectivity index (χ1n) is 16.2. The predicted octanol–water partition coefficient (Wildman–Crippen LogP) is 11.2. The number of fused-ring (bicyclic) bond motifs is 7. The van der Waals surface area contributed by atoms with E-state index >= 15 is 0 Å². The summed E-state index contributed by atoms with van der Waals surface area (Å²) in [5.74, 6) is 0.985. The van der Waals surface area contributed by atoms with Crippen LogP contribution in [0.1, 0.15) is 17.8 Å². The lowest BCUT2D eigenvalue weighted by Gasteiger charge is -2.14. The molecule has 6 aromatic carbocycles. The lowest BCUT2D eigenvalue weighted by atomic mass is 10.0. The summed E-state index contributed by atoms with van der Waals surface area (Å²) in [5.41, 5.74) is 12.1. The Labute approximate surface area is 271 Å². The van der Waals surface area contributed by atoms with Crippen molar-refractivity contribution in [2.24, 2.45) is 0 Å². The van der Waals surface area contributed by atoms with Gasteiger partial charge in [-0.1, -0.05) is 97.1 Å². The van der Waals surface area contributed by atoms with Crippen LogP contribution in [0.5, 0.6) is 0 Å². The number of furan rings is 1. The molecule has 0 fully saturated rings. The van der Waals surface area contributed by atoms with Gasteiger partial charge in [-0.25, -0.2) is 4.98 Å². The van der Waals surface area contributed by atoms with E-state index in [4.69, 9.17) is 9.40 Å². The van der Waals surface area contributed by atoms with Crippen molar-refractivity contribution in [3.05, 3.63) is 157 Å². The van der Waals surface area contributed by atoms with Crippen LogP contribution in [-0.2, 0) is 6.42 Å². The van der Waals surface area contributed by atoms with Crippen LogP contribution in [0.2, 0.25) is 0 Å². The molecule has 0 saturated carbocycles. The minimum atomic E-state index is 0.916. The van der Waals surface area contributed by atoms with E-state index in [1.54, 1.807) is 0 Å². The second-order valence-corrected chi connectivity index (χ2v) is 12.3. The summed E-state index contributed by atoms with van der Waals surface area (Å²) in [5, 5.41) is 4.74. The Kier molecular flexibility index (Phi) is 5.67. The zero-order valence-electron chi connectivity index (χ0n) is 25.6. The van der Waals surface area contributed by atoms with Crippen LogP contribution < -0.4 is 0 Å². The smallest absolute Gasteiger partial charge is 0.145 e. The molecule has 10 rings (SSSR count). The maximum atomic E-state index is 6.41. The Hall–Kier alpha value is -6.13. The molecule has 1 aliphatic carbocycles. The van der Waals surface area contributed by atoms with Crippen molar-refractivity contribution < 1.29 is 4.42 Å². The topological polar surface area (TPSA) is 35.9 Å². The van der Waals surface area contributed by atoms with Crippen molar-refractivity contribution in [3.63, 3.8) is 0 Å². The fraction of sp³-hybridized carbons (Fsp3) is 0.0465. The Morgan fingerprint density at radius 2 is 1.28 bits per heavy atom. The molecule has 9 aromatic rings. The van der Waals surface area contributed by atoms with Gasteiger partial charge in [0, 0.05) is 44.0 Å². The molecule has 0 unspecified atom stereocenters. The molecule has 222 valence electrons. The zero-order chi connectivity index (χ0) is 30.9. The summed E-state index contributed by atoms with van der Waals surface area (Å²) in [6.07, 6.45) is 6.47. The number of aromatic nitrogens is 3. The molecule has 4 nitrogen and oxygen atoms in total. The second kappa shape index (κ2) is 10.2. The Balaban J connectivity index is 1.12. The van der Waals surface area contributed by atoms with Gasteiger partial charge >= 0.3 is 0 Å². The second-order valence-electron chi connectivity index (χ2n) is 12.3. The number of hydrogen-bond donors (Lipinski definition) is 0. The van der Waals surface area contributed by atoms with Crippen LogP contribution in [0.15, 0.2) is 150 Å². The molecule has 0 radical (unpaired) electrons. The maximum Gasteiger partial charge on any atom is 0.145 e. The number of para-hydroxylation sites is 3. The van der Waals surface area contributed by atoms with Crippen molar-refractivity contribution >= 4 is 49.8 Å². The van der Waals surface area contributed by atoms with Gasteiger partial charge in [-0.05, 0) is 73.0 Å². The van der Waals surface area contributed by atoms with Crippen molar-refractivity contribution in [2.75, 3.05) is 0 Å². The maximum absolute atomic E-state index is 6.41. The molecule has 0 saturated heterocycles. The lowest BCUT2D eigenvalue weighted by molar-refractivity contribution is 0.670. The SMILES string of the molecule is C1=Cc2c(nc(-c3ccccc3)n2-c2ccc(-n3c4ccccc4c4cc(-c5cccc6c5oc5ccccc56)ccc43)cc2)CC1. The summed E-state index contributed by atoms with van der Waals surface area (Å²) < 4.78 is 11.1. The van der Waals surface area contributed by atoms with Gasteiger partial charge in [-0.3, -0.25) is 4.57 Å². The third kappa shape index (κ3) is 3.98. The van der Waals surface area contributed by atoms with E-state index in [-0.39, 0.29) is 0 Å². The molecule has 0 aliphatic heterocycles. The number of aryl methyl sites for hydroxylation is 1. The average Bonchev–Trinajstić information content (AvgIpc) is 3.82. The predicted molar refractivity (Wildman–Crippen MR) is 193 cm³/mol. The summed E-state index contributed by atoms with van der Waals surface area (Å²) in [4.78, 5) is 5.12. The van der Waals surface area contributed by atoms with Gasteiger partial charge in [0.25, 0.3) is 0 Å². The van der Waals surface area contributed by atoms with Gasteiger partial charge in [0.1, 0.15) is 17.0 Å². The Morgan fingerprint density at radius 1 is 0.553 bits per heavy atom. The van der Waals surface area contributed by atoms with Crippen molar-refractivity contribution in [1.29, 1.82) is 0 Å².